The molecule has 1 aliphatic carbocycles. The average molecular weight is 302 g/mol. The second-order valence-electron chi connectivity index (χ2n) is 5.12. The summed E-state index contributed by atoms with van der Waals surface area (Å²) in [7, 11) is 0. The summed E-state index contributed by atoms with van der Waals surface area (Å²) >= 11 is 6.12. The predicted octanol–water partition coefficient (Wildman–Crippen LogP) is 3.74. The van der Waals surface area contributed by atoms with E-state index >= 15 is 0 Å². The highest BCUT2D eigenvalue weighted by atomic mass is 35.5. The van der Waals surface area contributed by atoms with Crippen LogP contribution in [0.3, 0.4) is 0 Å². The highest BCUT2D eigenvalue weighted by molar-refractivity contribution is 6.32. The van der Waals surface area contributed by atoms with Crippen molar-refractivity contribution >= 4 is 17.5 Å². The quantitative estimate of drug-likeness (QED) is 0.913. The van der Waals surface area contributed by atoms with E-state index in [1.54, 1.807) is 12.1 Å². The van der Waals surface area contributed by atoms with Crippen LogP contribution in [0.15, 0.2) is 54.6 Å². The Balaban J connectivity index is 1.85. The Morgan fingerprint density at radius 2 is 1.76 bits per heavy atom. The first-order chi connectivity index (χ1) is 10.2. The topological polar surface area (TPSA) is 38.3 Å². The number of ether oxygens (including phenoxy) is 1. The number of para-hydroxylation sites is 1. The molecule has 1 atom stereocenters. The summed E-state index contributed by atoms with van der Waals surface area (Å²) in [6, 6.07) is 16.9. The van der Waals surface area contributed by atoms with E-state index in [4.69, 9.17) is 16.3 Å². The summed E-state index contributed by atoms with van der Waals surface area (Å²) in [5.74, 6) is 0.391. The first-order valence-electron chi connectivity index (χ1n) is 7.00. The van der Waals surface area contributed by atoms with E-state index in [2.05, 4.69) is 5.32 Å². The number of rotatable bonds is 5. The summed E-state index contributed by atoms with van der Waals surface area (Å²) in [6.07, 6.45) is 1.39. The second-order valence-corrected chi connectivity index (χ2v) is 5.53. The third kappa shape index (κ3) is 3.56. The molecule has 4 heteroatoms. The number of benzene rings is 2. The lowest BCUT2D eigenvalue weighted by molar-refractivity contribution is -0.128. The third-order valence-corrected chi connectivity index (χ3v) is 3.66. The van der Waals surface area contributed by atoms with Crippen LogP contribution in [0.1, 0.15) is 24.5 Å². The minimum atomic E-state index is -0.688. The monoisotopic (exact) mass is 301 g/mol. The molecule has 2 aromatic carbocycles. The van der Waals surface area contributed by atoms with E-state index in [1.807, 2.05) is 42.5 Å². The summed E-state index contributed by atoms with van der Waals surface area (Å²) in [5.41, 5.74) is 0.815. The molecule has 0 aliphatic heterocycles. The van der Waals surface area contributed by atoms with E-state index in [-0.39, 0.29) is 5.91 Å². The van der Waals surface area contributed by atoms with Gasteiger partial charge in [0.05, 0.1) is 5.02 Å². The molecule has 0 saturated heterocycles. The molecule has 1 fully saturated rings. The summed E-state index contributed by atoms with van der Waals surface area (Å²) < 4.78 is 5.88. The van der Waals surface area contributed by atoms with E-state index in [1.165, 1.54) is 0 Å². The molecule has 1 saturated carbocycles. The minimum Gasteiger partial charge on any atom is -0.474 e. The van der Waals surface area contributed by atoms with Crippen LogP contribution in [0.25, 0.3) is 0 Å². The molecule has 0 unspecified atom stereocenters. The van der Waals surface area contributed by atoms with Crippen LogP contribution in [-0.2, 0) is 4.79 Å². The maximum atomic E-state index is 12.4. The number of halogens is 1. The molecule has 0 aromatic heterocycles. The fourth-order valence-corrected chi connectivity index (χ4v) is 2.25. The number of carbonyl (C=O) groups is 1. The molecule has 21 heavy (non-hydrogen) atoms. The predicted molar refractivity (Wildman–Crippen MR) is 82.4 cm³/mol. The number of hydrogen-bond acceptors (Lipinski definition) is 2. The SMILES string of the molecule is O=C(NC1CC1)[C@@H](Oc1ccccc1Cl)c1ccccc1. The Morgan fingerprint density at radius 3 is 2.43 bits per heavy atom. The Hall–Kier alpha value is -2.00. The van der Waals surface area contributed by atoms with Crippen molar-refractivity contribution in [2.75, 3.05) is 0 Å². The zero-order valence-electron chi connectivity index (χ0n) is 11.5. The Morgan fingerprint density at radius 1 is 1.10 bits per heavy atom. The first-order valence-corrected chi connectivity index (χ1v) is 7.38. The van der Waals surface area contributed by atoms with Crippen LogP contribution in [0.4, 0.5) is 0 Å². The van der Waals surface area contributed by atoms with Gasteiger partial charge in [-0.25, -0.2) is 0 Å². The van der Waals surface area contributed by atoms with Gasteiger partial charge in [-0.1, -0.05) is 54.1 Å². The van der Waals surface area contributed by atoms with Crippen LogP contribution in [-0.4, -0.2) is 11.9 Å². The highest BCUT2D eigenvalue weighted by Crippen LogP contribution is 2.29. The van der Waals surface area contributed by atoms with Crippen molar-refractivity contribution in [2.45, 2.75) is 25.0 Å². The van der Waals surface area contributed by atoms with Crippen molar-refractivity contribution in [1.82, 2.24) is 5.32 Å². The highest BCUT2D eigenvalue weighted by Gasteiger charge is 2.29. The first kappa shape index (κ1) is 14.0. The molecule has 0 heterocycles. The fraction of sp³-hybridized carbons (Fsp3) is 0.235. The number of amides is 1. The maximum absolute atomic E-state index is 12.4. The molecule has 0 radical (unpaired) electrons. The van der Waals surface area contributed by atoms with Crippen LogP contribution in [0.5, 0.6) is 5.75 Å². The zero-order chi connectivity index (χ0) is 14.7. The molecule has 1 amide bonds. The molecule has 3 rings (SSSR count). The van der Waals surface area contributed by atoms with Gasteiger partial charge in [-0.05, 0) is 25.0 Å². The lowest BCUT2D eigenvalue weighted by Gasteiger charge is -2.19. The van der Waals surface area contributed by atoms with Gasteiger partial charge in [-0.15, -0.1) is 0 Å². The third-order valence-electron chi connectivity index (χ3n) is 3.35. The van der Waals surface area contributed by atoms with Crippen LogP contribution >= 0.6 is 11.6 Å². The standard InChI is InChI=1S/C17H16ClNO2/c18-14-8-4-5-9-15(14)21-16(12-6-2-1-3-7-12)17(20)19-13-10-11-13/h1-9,13,16H,10-11H2,(H,19,20)/t16-/m0/s1. The molecule has 2 aromatic rings. The van der Waals surface area contributed by atoms with Gasteiger partial charge in [-0.2, -0.15) is 0 Å². The molecule has 1 N–H and O–H groups in total. The van der Waals surface area contributed by atoms with Gasteiger partial charge in [0, 0.05) is 11.6 Å². The van der Waals surface area contributed by atoms with Gasteiger partial charge < -0.3 is 10.1 Å². The largest absolute Gasteiger partial charge is 0.474 e. The lowest BCUT2D eigenvalue weighted by atomic mass is 10.1. The van der Waals surface area contributed by atoms with Gasteiger partial charge in [0.15, 0.2) is 0 Å². The van der Waals surface area contributed by atoms with Crippen molar-refractivity contribution in [3.8, 4) is 5.75 Å². The Labute approximate surface area is 128 Å². The van der Waals surface area contributed by atoms with Crippen LogP contribution in [0, 0.1) is 0 Å². The molecule has 0 spiro atoms. The number of carbonyl (C=O) groups excluding carboxylic acids is 1. The maximum Gasteiger partial charge on any atom is 0.266 e. The van der Waals surface area contributed by atoms with E-state index in [0.29, 0.717) is 16.8 Å². The van der Waals surface area contributed by atoms with Gasteiger partial charge in [0.2, 0.25) is 6.10 Å². The van der Waals surface area contributed by atoms with E-state index < -0.39 is 6.10 Å². The summed E-state index contributed by atoms with van der Waals surface area (Å²) in [4.78, 5) is 12.4. The summed E-state index contributed by atoms with van der Waals surface area (Å²) in [6.45, 7) is 0. The molecule has 108 valence electrons. The lowest BCUT2D eigenvalue weighted by Crippen LogP contribution is -2.33. The normalized spacial score (nSPS) is 15.3. The summed E-state index contributed by atoms with van der Waals surface area (Å²) in [5, 5.41) is 3.48. The van der Waals surface area contributed by atoms with Crippen molar-refractivity contribution in [2.24, 2.45) is 0 Å². The average Bonchev–Trinajstić information content (AvgIpc) is 3.31. The fourth-order valence-electron chi connectivity index (χ4n) is 2.07. The molecular formula is C17H16ClNO2. The van der Waals surface area contributed by atoms with Crippen molar-refractivity contribution < 1.29 is 9.53 Å². The van der Waals surface area contributed by atoms with E-state index in [9.17, 15) is 4.79 Å². The zero-order valence-corrected chi connectivity index (χ0v) is 12.2. The minimum absolute atomic E-state index is 0.122. The second kappa shape index (κ2) is 6.19. The van der Waals surface area contributed by atoms with E-state index in [0.717, 1.165) is 18.4 Å². The Kier molecular flexibility index (Phi) is 4.11. The smallest absolute Gasteiger partial charge is 0.266 e. The van der Waals surface area contributed by atoms with Crippen LogP contribution < -0.4 is 10.1 Å². The number of nitrogens with one attached hydrogen (secondary N) is 1. The van der Waals surface area contributed by atoms with Crippen molar-refractivity contribution in [3.63, 3.8) is 0 Å². The Bertz CT molecular complexity index is 626. The molecule has 0 bridgehead atoms. The van der Waals surface area contributed by atoms with Crippen LogP contribution in [0.2, 0.25) is 5.02 Å². The van der Waals surface area contributed by atoms with Crippen molar-refractivity contribution in [3.05, 3.63) is 65.2 Å². The van der Waals surface area contributed by atoms with Gasteiger partial charge in [-0.3, -0.25) is 4.79 Å². The van der Waals surface area contributed by atoms with Crippen molar-refractivity contribution in [1.29, 1.82) is 0 Å². The van der Waals surface area contributed by atoms with Gasteiger partial charge in [0.1, 0.15) is 5.75 Å². The molecular weight excluding hydrogens is 286 g/mol. The van der Waals surface area contributed by atoms with Gasteiger partial charge >= 0.3 is 0 Å². The molecule has 1 aliphatic rings. The van der Waals surface area contributed by atoms with Gasteiger partial charge in [0.25, 0.3) is 5.91 Å². The number of hydrogen-bond donors (Lipinski definition) is 1. The molecule has 3 nitrogen and oxygen atoms in total.